The topological polar surface area (TPSA) is 44.8 Å². The summed E-state index contributed by atoms with van der Waals surface area (Å²) in [5.74, 6) is 0.115. The summed E-state index contributed by atoms with van der Waals surface area (Å²) in [6, 6.07) is 16.4. The molecule has 0 radical (unpaired) electrons. The smallest absolute Gasteiger partial charge is 0.249 e. The number of nitrogens with one attached hydrogen (secondary N) is 1. The molecule has 0 spiro atoms. The molecule has 4 rings (SSSR count). The van der Waals surface area contributed by atoms with Crippen molar-refractivity contribution in [2.24, 2.45) is 0 Å². The summed E-state index contributed by atoms with van der Waals surface area (Å²) in [5, 5.41) is 3.37. The van der Waals surface area contributed by atoms with Crippen molar-refractivity contribution in [3.05, 3.63) is 54.1 Å². The molecular weight excluding hydrogens is 338 g/mol. The van der Waals surface area contributed by atoms with Crippen molar-refractivity contribution >= 4 is 23.0 Å². The van der Waals surface area contributed by atoms with Gasteiger partial charge in [0.2, 0.25) is 5.91 Å². The van der Waals surface area contributed by atoms with Crippen molar-refractivity contribution in [3.63, 3.8) is 0 Å². The van der Waals surface area contributed by atoms with Gasteiger partial charge in [0.05, 0.1) is 13.2 Å². The zero-order valence-corrected chi connectivity index (χ0v) is 16.0. The van der Waals surface area contributed by atoms with Crippen molar-refractivity contribution in [3.8, 4) is 0 Å². The number of hydrogen-bond acceptors (Lipinski definition) is 4. The summed E-state index contributed by atoms with van der Waals surface area (Å²) < 4.78 is 5.41. The second kappa shape index (κ2) is 7.61. The molecule has 1 N–H and O–H groups in total. The first kappa shape index (κ1) is 17.9. The number of ether oxygens (including phenoxy) is 1. The average molecular weight is 365 g/mol. The first-order valence-electron chi connectivity index (χ1n) is 9.74. The minimum atomic E-state index is -0.284. The molecular formula is C22H27N3O2. The maximum atomic E-state index is 13.1. The Bertz CT molecular complexity index is 799. The van der Waals surface area contributed by atoms with Crippen LogP contribution in [0.2, 0.25) is 0 Å². The normalized spacial score (nSPS) is 20.3. The highest BCUT2D eigenvalue weighted by Crippen LogP contribution is 2.32. The lowest BCUT2D eigenvalue weighted by molar-refractivity contribution is -0.119. The number of fused-ring (bicyclic) bond motifs is 1. The van der Waals surface area contributed by atoms with E-state index in [-0.39, 0.29) is 18.0 Å². The van der Waals surface area contributed by atoms with Crippen LogP contribution in [-0.4, -0.2) is 44.3 Å². The van der Waals surface area contributed by atoms with Crippen LogP contribution in [0.5, 0.6) is 0 Å². The van der Waals surface area contributed by atoms with Gasteiger partial charge in [-0.05, 0) is 56.2 Å². The van der Waals surface area contributed by atoms with Gasteiger partial charge in [-0.25, -0.2) is 0 Å². The van der Waals surface area contributed by atoms with Crippen molar-refractivity contribution in [2.75, 3.05) is 41.4 Å². The third-order valence-corrected chi connectivity index (χ3v) is 5.44. The molecule has 27 heavy (non-hydrogen) atoms. The van der Waals surface area contributed by atoms with Gasteiger partial charge in [0.1, 0.15) is 6.04 Å². The third-order valence-electron chi connectivity index (χ3n) is 5.44. The Labute approximate surface area is 160 Å². The third kappa shape index (κ3) is 3.65. The minimum absolute atomic E-state index is 0.115. The molecule has 2 aromatic rings. The van der Waals surface area contributed by atoms with E-state index in [9.17, 15) is 4.79 Å². The van der Waals surface area contributed by atoms with E-state index in [1.165, 1.54) is 11.3 Å². The van der Waals surface area contributed by atoms with Crippen LogP contribution in [0, 0.1) is 0 Å². The number of amides is 1. The van der Waals surface area contributed by atoms with Crippen LogP contribution >= 0.6 is 0 Å². The number of carbonyl (C=O) groups is 1. The molecule has 0 bridgehead atoms. The molecule has 1 saturated heterocycles. The largest absolute Gasteiger partial charge is 0.378 e. The highest BCUT2D eigenvalue weighted by molar-refractivity contribution is 6.00. The molecule has 2 heterocycles. The van der Waals surface area contributed by atoms with Crippen molar-refractivity contribution < 1.29 is 9.53 Å². The van der Waals surface area contributed by atoms with E-state index in [1.807, 2.05) is 30.0 Å². The fourth-order valence-electron chi connectivity index (χ4n) is 4.01. The summed E-state index contributed by atoms with van der Waals surface area (Å²) in [5.41, 5.74) is 4.46. The Morgan fingerprint density at radius 1 is 1.11 bits per heavy atom. The Morgan fingerprint density at radius 2 is 1.81 bits per heavy atom. The number of anilines is 3. The predicted molar refractivity (Wildman–Crippen MR) is 110 cm³/mol. The van der Waals surface area contributed by atoms with Gasteiger partial charge in [0.25, 0.3) is 0 Å². The molecule has 2 atom stereocenters. The zero-order valence-electron chi connectivity index (χ0n) is 16.0. The van der Waals surface area contributed by atoms with Crippen LogP contribution in [-0.2, 0) is 16.0 Å². The lowest BCUT2D eigenvalue weighted by atomic mass is 10.1. The molecule has 5 nitrogen and oxygen atoms in total. The van der Waals surface area contributed by atoms with Crippen molar-refractivity contribution in [1.82, 2.24) is 0 Å². The fourth-order valence-corrected chi connectivity index (χ4v) is 4.01. The van der Waals surface area contributed by atoms with Crippen LogP contribution in [0.25, 0.3) is 0 Å². The lowest BCUT2D eigenvalue weighted by Gasteiger charge is -2.29. The first-order chi connectivity index (χ1) is 13.1. The number of benzene rings is 2. The predicted octanol–water partition coefficient (Wildman–Crippen LogP) is 3.30. The van der Waals surface area contributed by atoms with Gasteiger partial charge in [-0.2, -0.15) is 0 Å². The summed E-state index contributed by atoms with van der Waals surface area (Å²) in [6.07, 6.45) is 0.920. The van der Waals surface area contributed by atoms with E-state index in [4.69, 9.17) is 4.74 Å². The van der Waals surface area contributed by atoms with Crippen LogP contribution < -0.4 is 15.1 Å². The molecule has 1 fully saturated rings. The first-order valence-corrected chi connectivity index (χ1v) is 9.74. The molecule has 0 saturated carbocycles. The molecule has 0 aliphatic carbocycles. The maximum Gasteiger partial charge on any atom is 0.249 e. The Morgan fingerprint density at radius 3 is 2.56 bits per heavy atom. The van der Waals surface area contributed by atoms with E-state index in [2.05, 4.69) is 47.5 Å². The summed E-state index contributed by atoms with van der Waals surface area (Å²) in [4.78, 5) is 17.3. The van der Waals surface area contributed by atoms with Crippen molar-refractivity contribution in [1.29, 1.82) is 0 Å². The van der Waals surface area contributed by atoms with Gasteiger partial charge in [0.15, 0.2) is 0 Å². The molecule has 2 unspecified atom stereocenters. The van der Waals surface area contributed by atoms with Gasteiger partial charge in [0, 0.05) is 36.2 Å². The minimum Gasteiger partial charge on any atom is -0.378 e. The number of morpholine rings is 1. The van der Waals surface area contributed by atoms with Gasteiger partial charge in [-0.3, -0.25) is 4.79 Å². The summed E-state index contributed by atoms with van der Waals surface area (Å²) in [7, 11) is 0. The average Bonchev–Trinajstić information content (AvgIpc) is 3.04. The number of para-hydroxylation sites is 1. The molecule has 2 aromatic carbocycles. The van der Waals surface area contributed by atoms with Crippen LogP contribution in [0.1, 0.15) is 19.4 Å². The standard InChI is InChI=1S/C22H27N3O2/c1-16-15-18-5-3-4-6-21(18)25(16)22(26)17(2)23-19-7-9-20(10-8-19)24-11-13-27-14-12-24/h3-10,16-17,23H,11-15H2,1-2H3. The van der Waals surface area contributed by atoms with Gasteiger partial charge < -0.3 is 19.9 Å². The van der Waals surface area contributed by atoms with Gasteiger partial charge in [-0.15, -0.1) is 0 Å². The van der Waals surface area contributed by atoms with Crippen LogP contribution in [0.3, 0.4) is 0 Å². The molecule has 142 valence electrons. The Hall–Kier alpha value is -2.53. The SMILES string of the molecule is CC(Nc1ccc(N2CCOCC2)cc1)C(=O)N1c2ccccc2CC1C. The van der Waals surface area contributed by atoms with Crippen LogP contribution in [0.15, 0.2) is 48.5 Å². The molecule has 0 aromatic heterocycles. The summed E-state index contributed by atoms with van der Waals surface area (Å²) in [6.45, 7) is 7.46. The molecule has 2 aliphatic heterocycles. The monoisotopic (exact) mass is 365 g/mol. The Kier molecular flexibility index (Phi) is 5.03. The quantitative estimate of drug-likeness (QED) is 0.903. The van der Waals surface area contributed by atoms with E-state index in [1.54, 1.807) is 0 Å². The molecule has 5 heteroatoms. The molecule has 2 aliphatic rings. The molecule has 1 amide bonds. The highest BCUT2D eigenvalue weighted by atomic mass is 16.5. The number of rotatable bonds is 4. The van der Waals surface area contributed by atoms with Crippen molar-refractivity contribution in [2.45, 2.75) is 32.4 Å². The number of nitrogens with zero attached hydrogens (tertiary/aromatic N) is 2. The van der Waals surface area contributed by atoms with E-state index in [0.29, 0.717) is 0 Å². The number of hydrogen-bond donors (Lipinski definition) is 1. The number of carbonyl (C=O) groups excluding carboxylic acids is 1. The van der Waals surface area contributed by atoms with Gasteiger partial charge >= 0.3 is 0 Å². The van der Waals surface area contributed by atoms with Crippen LogP contribution in [0.4, 0.5) is 17.1 Å². The second-order valence-corrected chi connectivity index (χ2v) is 7.40. The Balaban J connectivity index is 1.43. The van der Waals surface area contributed by atoms with E-state index < -0.39 is 0 Å². The summed E-state index contributed by atoms with van der Waals surface area (Å²) >= 11 is 0. The van der Waals surface area contributed by atoms with E-state index in [0.717, 1.165) is 44.1 Å². The fraction of sp³-hybridized carbons (Fsp3) is 0.409. The maximum absolute atomic E-state index is 13.1. The highest BCUT2D eigenvalue weighted by Gasteiger charge is 2.32. The second-order valence-electron chi connectivity index (χ2n) is 7.40. The zero-order chi connectivity index (χ0) is 18.8. The van der Waals surface area contributed by atoms with Gasteiger partial charge in [-0.1, -0.05) is 18.2 Å². The van der Waals surface area contributed by atoms with E-state index >= 15 is 0 Å². The lowest BCUT2D eigenvalue weighted by Crippen LogP contribution is -2.44.